The molecule has 0 radical (unpaired) electrons. The van der Waals surface area contributed by atoms with Crippen LogP contribution < -0.4 is 0 Å². The summed E-state index contributed by atoms with van der Waals surface area (Å²) in [5, 5.41) is 0. The molecule has 1 aromatic carbocycles. The van der Waals surface area contributed by atoms with Gasteiger partial charge in [-0.05, 0) is 24.1 Å². The Morgan fingerprint density at radius 3 is 2.28 bits per heavy atom. The Morgan fingerprint density at radius 1 is 1.28 bits per heavy atom. The van der Waals surface area contributed by atoms with Gasteiger partial charge in [-0.15, -0.1) is 0 Å². The van der Waals surface area contributed by atoms with Crippen LogP contribution in [0.15, 0.2) is 18.2 Å². The standard InChI is InChI=1S/C11H14F3NO2S/c1-8-4-5-9(6-10(8)11(12,13)14)7-15(2)18(3,16)17/h4-6H,7H2,1-3H3. The molecule has 102 valence electrons. The van der Waals surface area contributed by atoms with Gasteiger partial charge < -0.3 is 0 Å². The fraction of sp³-hybridized carbons (Fsp3) is 0.455. The van der Waals surface area contributed by atoms with Gasteiger partial charge in [0.1, 0.15) is 0 Å². The molecule has 1 rings (SSSR count). The third-order valence-electron chi connectivity index (χ3n) is 2.58. The monoisotopic (exact) mass is 281 g/mol. The number of sulfonamides is 1. The molecule has 0 saturated heterocycles. The zero-order valence-electron chi connectivity index (χ0n) is 10.2. The van der Waals surface area contributed by atoms with Crippen LogP contribution in [-0.2, 0) is 22.7 Å². The maximum Gasteiger partial charge on any atom is 0.416 e. The number of hydrogen-bond donors (Lipinski definition) is 0. The number of aryl methyl sites for hydroxylation is 1. The quantitative estimate of drug-likeness (QED) is 0.853. The molecule has 1 aromatic rings. The van der Waals surface area contributed by atoms with E-state index in [1.165, 1.54) is 26.1 Å². The van der Waals surface area contributed by atoms with E-state index in [1.807, 2.05) is 0 Å². The summed E-state index contributed by atoms with van der Waals surface area (Å²) in [5.74, 6) is 0. The van der Waals surface area contributed by atoms with Gasteiger partial charge in [-0.25, -0.2) is 12.7 Å². The van der Waals surface area contributed by atoms with Crippen LogP contribution in [0.4, 0.5) is 13.2 Å². The highest BCUT2D eigenvalue weighted by Gasteiger charge is 2.32. The second-order valence-electron chi connectivity index (χ2n) is 4.17. The summed E-state index contributed by atoms with van der Waals surface area (Å²) in [4.78, 5) is 0. The SMILES string of the molecule is Cc1ccc(CN(C)S(C)(=O)=O)cc1C(F)(F)F. The van der Waals surface area contributed by atoms with Gasteiger partial charge in [0.15, 0.2) is 0 Å². The molecule has 0 spiro atoms. The number of rotatable bonds is 3. The molecule has 0 bridgehead atoms. The van der Waals surface area contributed by atoms with Gasteiger partial charge in [-0.1, -0.05) is 12.1 Å². The number of hydrogen-bond acceptors (Lipinski definition) is 2. The van der Waals surface area contributed by atoms with Gasteiger partial charge in [-0.3, -0.25) is 0 Å². The zero-order chi connectivity index (χ0) is 14.1. The third-order valence-corrected chi connectivity index (χ3v) is 3.84. The normalized spacial score (nSPS) is 13.1. The molecule has 0 amide bonds. The Hall–Kier alpha value is -1.08. The van der Waals surface area contributed by atoms with E-state index >= 15 is 0 Å². The highest BCUT2D eigenvalue weighted by Crippen LogP contribution is 2.32. The predicted molar refractivity (Wildman–Crippen MR) is 62.5 cm³/mol. The summed E-state index contributed by atoms with van der Waals surface area (Å²) >= 11 is 0. The van der Waals surface area contributed by atoms with Crippen LogP contribution in [0.3, 0.4) is 0 Å². The topological polar surface area (TPSA) is 37.4 Å². The number of halogens is 3. The molecule has 18 heavy (non-hydrogen) atoms. The van der Waals surface area contributed by atoms with E-state index in [0.717, 1.165) is 16.6 Å². The van der Waals surface area contributed by atoms with E-state index < -0.39 is 21.8 Å². The van der Waals surface area contributed by atoms with Crippen LogP contribution in [0.5, 0.6) is 0 Å². The first-order valence-electron chi connectivity index (χ1n) is 5.10. The lowest BCUT2D eigenvalue weighted by Crippen LogP contribution is -2.25. The molecule has 7 heteroatoms. The molecule has 0 heterocycles. The molecule has 0 aliphatic rings. The van der Waals surface area contributed by atoms with E-state index in [0.29, 0.717) is 5.56 Å². The van der Waals surface area contributed by atoms with Crippen molar-refractivity contribution in [3.8, 4) is 0 Å². The van der Waals surface area contributed by atoms with E-state index in [2.05, 4.69) is 0 Å². The predicted octanol–water partition coefficient (Wildman–Crippen LogP) is 2.41. The molecule has 0 fully saturated rings. The van der Waals surface area contributed by atoms with Crippen LogP contribution in [-0.4, -0.2) is 26.0 Å². The minimum Gasteiger partial charge on any atom is -0.213 e. The summed E-state index contributed by atoms with van der Waals surface area (Å²) in [7, 11) is -2.09. The van der Waals surface area contributed by atoms with Crippen molar-refractivity contribution in [1.29, 1.82) is 0 Å². The van der Waals surface area contributed by atoms with Crippen LogP contribution >= 0.6 is 0 Å². The lowest BCUT2D eigenvalue weighted by atomic mass is 10.0. The molecule has 0 atom stereocenters. The summed E-state index contributed by atoms with van der Waals surface area (Å²) in [6, 6.07) is 3.82. The third kappa shape index (κ3) is 3.71. The van der Waals surface area contributed by atoms with Crippen molar-refractivity contribution in [3.05, 3.63) is 34.9 Å². The molecule has 0 aliphatic carbocycles. The number of nitrogens with zero attached hydrogens (tertiary/aromatic N) is 1. The molecule has 0 N–H and O–H groups in total. The first-order valence-corrected chi connectivity index (χ1v) is 6.94. The zero-order valence-corrected chi connectivity index (χ0v) is 11.1. The minimum atomic E-state index is -4.43. The molecule has 0 unspecified atom stereocenters. The van der Waals surface area contributed by atoms with Crippen molar-refractivity contribution in [1.82, 2.24) is 4.31 Å². The second-order valence-corrected chi connectivity index (χ2v) is 6.26. The van der Waals surface area contributed by atoms with Gasteiger partial charge >= 0.3 is 6.18 Å². The molecule has 0 aromatic heterocycles. The van der Waals surface area contributed by atoms with Gasteiger partial charge in [0.2, 0.25) is 10.0 Å². The summed E-state index contributed by atoms with van der Waals surface area (Å²) in [5.41, 5.74) is -0.309. The maximum atomic E-state index is 12.7. The number of alkyl halides is 3. The fourth-order valence-corrected chi connectivity index (χ4v) is 1.83. The Morgan fingerprint density at radius 2 is 1.83 bits per heavy atom. The summed E-state index contributed by atoms with van der Waals surface area (Å²) in [6.07, 6.45) is -3.42. The van der Waals surface area contributed by atoms with Crippen molar-refractivity contribution in [2.45, 2.75) is 19.6 Å². The molecular weight excluding hydrogens is 267 g/mol. The average molecular weight is 281 g/mol. The first kappa shape index (κ1) is 15.0. The molecule has 0 saturated carbocycles. The van der Waals surface area contributed by atoms with Crippen molar-refractivity contribution in [3.63, 3.8) is 0 Å². The Labute approximate surface area is 104 Å². The van der Waals surface area contributed by atoms with Crippen molar-refractivity contribution < 1.29 is 21.6 Å². The van der Waals surface area contributed by atoms with E-state index in [-0.39, 0.29) is 12.1 Å². The van der Waals surface area contributed by atoms with Gasteiger partial charge in [0.05, 0.1) is 11.8 Å². The van der Waals surface area contributed by atoms with Crippen LogP contribution in [0.2, 0.25) is 0 Å². The molecule has 0 aliphatic heterocycles. The molecular formula is C11H14F3NO2S. The highest BCUT2D eigenvalue weighted by molar-refractivity contribution is 7.88. The van der Waals surface area contributed by atoms with E-state index in [9.17, 15) is 21.6 Å². The fourth-order valence-electron chi connectivity index (χ4n) is 1.45. The Balaban J connectivity index is 3.07. The smallest absolute Gasteiger partial charge is 0.213 e. The van der Waals surface area contributed by atoms with Gasteiger partial charge in [0, 0.05) is 13.6 Å². The lowest BCUT2D eigenvalue weighted by molar-refractivity contribution is -0.138. The first-order chi connectivity index (χ1) is 8.01. The van der Waals surface area contributed by atoms with Crippen molar-refractivity contribution in [2.75, 3.05) is 13.3 Å². The van der Waals surface area contributed by atoms with E-state index in [4.69, 9.17) is 0 Å². The largest absolute Gasteiger partial charge is 0.416 e. The van der Waals surface area contributed by atoms with Crippen LogP contribution in [0, 0.1) is 6.92 Å². The van der Waals surface area contributed by atoms with Crippen LogP contribution in [0.25, 0.3) is 0 Å². The maximum absolute atomic E-state index is 12.7. The van der Waals surface area contributed by atoms with Crippen molar-refractivity contribution >= 4 is 10.0 Å². The lowest BCUT2D eigenvalue weighted by Gasteiger charge is -2.16. The second kappa shape index (κ2) is 4.89. The summed E-state index contributed by atoms with van der Waals surface area (Å²) < 4.78 is 61.4. The van der Waals surface area contributed by atoms with Crippen LogP contribution in [0.1, 0.15) is 16.7 Å². The van der Waals surface area contributed by atoms with Gasteiger partial charge in [-0.2, -0.15) is 13.2 Å². The highest BCUT2D eigenvalue weighted by atomic mass is 32.2. The van der Waals surface area contributed by atoms with Crippen molar-refractivity contribution in [2.24, 2.45) is 0 Å². The number of benzene rings is 1. The Kier molecular flexibility index (Phi) is 4.07. The van der Waals surface area contributed by atoms with E-state index in [1.54, 1.807) is 0 Å². The van der Waals surface area contributed by atoms with Gasteiger partial charge in [0.25, 0.3) is 0 Å². The molecule has 3 nitrogen and oxygen atoms in total. The minimum absolute atomic E-state index is 0.0812. The summed E-state index contributed by atoms with van der Waals surface area (Å²) in [6.45, 7) is 1.29. The average Bonchev–Trinajstić information content (AvgIpc) is 2.17. The Bertz CT molecular complexity index is 538.